The molecular formula is C18H22O5. The first-order valence-electron chi connectivity index (χ1n) is 8.00. The van der Waals surface area contributed by atoms with Crippen molar-refractivity contribution in [1.29, 1.82) is 0 Å². The van der Waals surface area contributed by atoms with Crippen molar-refractivity contribution in [2.75, 3.05) is 7.11 Å². The van der Waals surface area contributed by atoms with Crippen molar-refractivity contribution >= 4 is 11.0 Å². The van der Waals surface area contributed by atoms with Gasteiger partial charge < -0.3 is 19.0 Å². The summed E-state index contributed by atoms with van der Waals surface area (Å²) in [6, 6.07) is 3.28. The average Bonchev–Trinajstić information content (AvgIpc) is 2.51. The van der Waals surface area contributed by atoms with E-state index < -0.39 is 11.7 Å². The molecule has 0 saturated heterocycles. The molecule has 23 heavy (non-hydrogen) atoms. The van der Waals surface area contributed by atoms with Crippen LogP contribution in [0.4, 0.5) is 0 Å². The summed E-state index contributed by atoms with van der Waals surface area (Å²) in [5.74, 6) is 1.02. The lowest BCUT2D eigenvalue weighted by atomic mass is 9.88. The third-order valence-electron chi connectivity index (χ3n) is 4.65. The Morgan fingerprint density at radius 2 is 2.04 bits per heavy atom. The Kier molecular flexibility index (Phi) is 4.06. The van der Waals surface area contributed by atoms with E-state index >= 15 is 0 Å². The van der Waals surface area contributed by atoms with E-state index in [0.29, 0.717) is 22.6 Å². The van der Waals surface area contributed by atoms with E-state index in [1.807, 2.05) is 20.8 Å². The molecule has 0 aliphatic carbocycles. The van der Waals surface area contributed by atoms with E-state index in [1.165, 1.54) is 6.07 Å². The van der Waals surface area contributed by atoms with Gasteiger partial charge in [0.25, 0.3) is 0 Å². The lowest BCUT2D eigenvalue weighted by Gasteiger charge is -2.34. The third-order valence-corrected chi connectivity index (χ3v) is 4.65. The Hall–Kier alpha value is -2.01. The zero-order chi connectivity index (χ0) is 16.7. The molecule has 2 aromatic rings. The van der Waals surface area contributed by atoms with Gasteiger partial charge in [-0.3, -0.25) is 0 Å². The Morgan fingerprint density at radius 3 is 2.70 bits per heavy atom. The number of hydrogen-bond acceptors (Lipinski definition) is 5. The van der Waals surface area contributed by atoms with Crippen LogP contribution in [0.5, 0.6) is 11.5 Å². The number of fused-ring (bicyclic) bond motifs is 3. The Balaban J connectivity index is 2.40. The molecule has 1 N–H and O–H groups in total. The van der Waals surface area contributed by atoms with Crippen LogP contribution in [0.3, 0.4) is 0 Å². The van der Waals surface area contributed by atoms with Crippen LogP contribution in [0, 0.1) is 5.92 Å². The maximum absolute atomic E-state index is 12.0. The number of aryl methyl sites for hydroxylation is 1. The first-order chi connectivity index (χ1) is 11.0. The van der Waals surface area contributed by atoms with Gasteiger partial charge in [0.15, 0.2) is 5.58 Å². The van der Waals surface area contributed by atoms with Crippen molar-refractivity contribution in [3.8, 4) is 11.5 Å². The third kappa shape index (κ3) is 2.49. The van der Waals surface area contributed by atoms with Gasteiger partial charge in [-0.15, -0.1) is 0 Å². The summed E-state index contributed by atoms with van der Waals surface area (Å²) in [6.07, 6.45) is 0.748. The predicted octanol–water partition coefficient (Wildman–Crippen LogP) is 3.20. The Bertz CT molecular complexity index is 792. The van der Waals surface area contributed by atoms with Crippen LogP contribution in [-0.2, 0) is 6.42 Å². The van der Waals surface area contributed by atoms with Gasteiger partial charge in [0.1, 0.15) is 17.6 Å². The van der Waals surface area contributed by atoms with Gasteiger partial charge in [0.2, 0.25) is 0 Å². The Labute approximate surface area is 134 Å². The zero-order valence-corrected chi connectivity index (χ0v) is 13.9. The highest BCUT2D eigenvalue weighted by Crippen LogP contribution is 2.46. The molecule has 0 spiro atoms. The van der Waals surface area contributed by atoms with Gasteiger partial charge >= 0.3 is 5.63 Å². The molecule has 0 saturated carbocycles. The fraction of sp³-hybridized carbons (Fsp3) is 0.500. The van der Waals surface area contributed by atoms with Crippen LogP contribution in [0.25, 0.3) is 11.0 Å². The number of aliphatic hydroxyl groups excluding tert-OH is 1. The summed E-state index contributed by atoms with van der Waals surface area (Å²) < 4.78 is 16.9. The summed E-state index contributed by atoms with van der Waals surface area (Å²) >= 11 is 0. The largest absolute Gasteiger partial charge is 0.496 e. The van der Waals surface area contributed by atoms with Crippen molar-refractivity contribution in [2.24, 2.45) is 5.92 Å². The van der Waals surface area contributed by atoms with Gasteiger partial charge in [-0.25, -0.2) is 4.79 Å². The fourth-order valence-corrected chi connectivity index (χ4v) is 3.21. The molecule has 5 nitrogen and oxygen atoms in total. The smallest absolute Gasteiger partial charge is 0.336 e. The van der Waals surface area contributed by atoms with Crippen LogP contribution in [0.1, 0.15) is 44.4 Å². The molecule has 1 aromatic heterocycles. The molecule has 0 amide bonds. The number of aliphatic hydroxyl groups is 1. The molecule has 0 bridgehead atoms. The summed E-state index contributed by atoms with van der Waals surface area (Å²) in [5, 5.41) is 11.4. The number of rotatable bonds is 3. The maximum Gasteiger partial charge on any atom is 0.336 e. The van der Waals surface area contributed by atoms with Gasteiger partial charge in [0.05, 0.1) is 24.2 Å². The molecule has 0 fully saturated rings. The van der Waals surface area contributed by atoms with Crippen LogP contribution >= 0.6 is 0 Å². The number of methoxy groups -OCH3 is 1. The standard InChI is InChI=1S/C18H22O5/c1-5-6-11-7-14(19)23-18-15(11)12(21-4)8-13-16(18)17(20)9(2)10(3)22-13/h7-10,17,20H,5-6H2,1-4H3. The van der Waals surface area contributed by atoms with Crippen LogP contribution in [-0.4, -0.2) is 18.3 Å². The highest BCUT2D eigenvalue weighted by molar-refractivity contribution is 5.91. The minimum absolute atomic E-state index is 0.0979. The van der Waals surface area contributed by atoms with E-state index in [9.17, 15) is 9.90 Å². The minimum Gasteiger partial charge on any atom is -0.496 e. The minimum atomic E-state index is -0.748. The SMILES string of the molecule is CCCc1cc(=O)oc2c3c(cc(OC)c12)OC(C)C(C)C3O. The summed E-state index contributed by atoms with van der Waals surface area (Å²) in [5.41, 5.74) is 1.37. The van der Waals surface area contributed by atoms with Crippen LogP contribution in [0.2, 0.25) is 0 Å². The van der Waals surface area contributed by atoms with Crippen LogP contribution < -0.4 is 15.1 Å². The second-order valence-corrected chi connectivity index (χ2v) is 6.16. The lowest BCUT2D eigenvalue weighted by molar-refractivity contribution is 0.0178. The molecule has 0 radical (unpaired) electrons. The predicted molar refractivity (Wildman–Crippen MR) is 87.2 cm³/mol. The van der Waals surface area contributed by atoms with E-state index in [-0.39, 0.29) is 12.0 Å². The maximum atomic E-state index is 12.0. The quantitative estimate of drug-likeness (QED) is 0.880. The van der Waals surface area contributed by atoms with Crippen molar-refractivity contribution in [1.82, 2.24) is 0 Å². The van der Waals surface area contributed by atoms with E-state index in [0.717, 1.165) is 23.8 Å². The van der Waals surface area contributed by atoms with Crippen LogP contribution in [0.15, 0.2) is 21.3 Å². The molecule has 3 rings (SSSR count). The topological polar surface area (TPSA) is 68.9 Å². The second kappa shape index (κ2) is 5.89. The molecule has 3 unspecified atom stereocenters. The fourth-order valence-electron chi connectivity index (χ4n) is 3.21. The van der Waals surface area contributed by atoms with Gasteiger partial charge in [-0.2, -0.15) is 0 Å². The first-order valence-corrected chi connectivity index (χ1v) is 8.00. The molecular weight excluding hydrogens is 296 g/mol. The molecule has 1 aliphatic heterocycles. The molecule has 2 heterocycles. The molecule has 124 valence electrons. The van der Waals surface area contributed by atoms with E-state index in [4.69, 9.17) is 13.9 Å². The van der Waals surface area contributed by atoms with Crippen molar-refractivity contribution in [3.63, 3.8) is 0 Å². The molecule has 1 aromatic carbocycles. The number of ether oxygens (including phenoxy) is 2. The molecule has 3 atom stereocenters. The van der Waals surface area contributed by atoms with Crippen molar-refractivity contribution in [2.45, 2.75) is 45.8 Å². The summed E-state index contributed by atoms with van der Waals surface area (Å²) in [7, 11) is 1.58. The van der Waals surface area contributed by atoms with Gasteiger partial charge in [-0.05, 0) is 18.9 Å². The normalized spacial score (nSPS) is 23.4. The lowest BCUT2D eigenvalue weighted by Crippen LogP contribution is -2.32. The van der Waals surface area contributed by atoms with Gasteiger partial charge in [-0.1, -0.05) is 20.3 Å². The average molecular weight is 318 g/mol. The number of benzene rings is 1. The second-order valence-electron chi connectivity index (χ2n) is 6.16. The monoisotopic (exact) mass is 318 g/mol. The van der Waals surface area contributed by atoms with Gasteiger partial charge in [0, 0.05) is 18.1 Å². The first kappa shape index (κ1) is 15.9. The van der Waals surface area contributed by atoms with Crippen molar-refractivity contribution in [3.05, 3.63) is 33.7 Å². The summed E-state index contributed by atoms with van der Waals surface area (Å²) in [4.78, 5) is 12.0. The highest BCUT2D eigenvalue weighted by Gasteiger charge is 2.35. The Morgan fingerprint density at radius 1 is 1.30 bits per heavy atom. The summed E-state index contributed by atoms with van der Waals surface area (Å²) in [6.45, 7) is 5.88. The molecule has 1 aliphatic rings. The number of hydrogen-bond donors (Lipinski definition) is 1. The van der Waals surface area contributed by atoms with E-state index in [2.05, 4.69) is 0 Å². The zero-order valence-electron chi connectivity index (χ0n) is 13.9. The van der Waals surface area contributed by atoms with E-state index in [1.54, 1.807) is 13.2 Å². The van der Waals surface area contributed by atoms with Crippen molar-refractivity contribution < 1.29 is 19.0 Å². The highest BCUT2D eigenvalue weighted by atomic mass is 16.5. The molecule has 5 heteroatoms.